The van der Waals surface area contributed by atoms with Crippen molar-refractivity contribution in [1.82, 2.24) is 4.90 Å². The van der Waals surface area contributed by atoms with E-state index in [2.05, 4.69) is 18.2 Å². The van der Waals surface area contributed by atoms with E-state index < -0.39 is 0 Å². The average Bonchev–Trinajstić information content (AvgIpc) is 3.16. The fraction of sp³-hybridized carbons (Fsp3) is 0.333. The van der Waals surface area contributed by atoms with E-state index in [0.29, 0.717) is 18.4 Å². The second-order valence-electron chi connectivity index (χ2n) is 6.33. The van der Waals surface area contributed by atoms with Gasteiger partial charge in [0.2, 0.25) is 5.91 Å². The Balaban J connectivity index is 1.62. The van der Waals surface area contributed by atoms with Gasteiger partial charge in [0.05, 0.1) is 24.8 Å². The van der Waals surface area contributed by atoms with Crippen LogP contribution in [-0.2, 0) is 11.2 Å². The summed E-state index contributed by atoms with van der Waals surface area (Å²) in [7, 11) is 1.66. The van der Waals surface area contributed by atoms with Crippen LogP contribution in [0.5, 0.6) is 5.75 Å². The molecule has 25 heavy (non-hydrogen) atoms. The molecule has 1 unspecified atom stereocenters. The summed E-state index contributed by atoms with van der Waals surface area (Å²) in [6.45, 7) is 0.822. The Bertz CT molecular complexity index is 760. The van der Waals surface area contributed by atoms with Gasteiger partial charge in [0.15, 0.2) is 0 Å². The molecule has 0 radical (unpaired) electrons. The minimum atomic E-state index is 0.166. The summed E-state index contributed by atoms with van der Waals surface area (Å²) in [6, 6.07) is 17.7. The largest absolute Gasteiger partial charge is 0.497 e. The maximum atomic E-state index is 12.7. The van der Waals surface area contributed by atoms with Crippen molar-refractivity contribution in [3.05, 3.63) is 65.2 Å². The molecule has 1 fully saturated rings. The van der Waals surface area contributed by atoms with Crippen LogP contribution in [0, 0.1) is 11.3 Å². The van der Waals surface area contributed by atoms with E-state index in [9.17, 15) is 4.79 Å². The number of nitriles is 1. The zero-order chi connectivity index (χ0) is 17.6. The average molecular weight is 334 g/mol. The van der Waals surface area contributed by atoms with Gasteiger partial charge in [-0.05, 0) is 54.7 Å². The maximum Gasteiger partial charge on any atom is 0.223 e. The SMILES string of the molecule is COc1ccc(C2CCCN2C(=O)CCc2ccc(C#N)cc2)cc1. The fourth-order valence-electron chi connectivity index (χ4n) is 3.38. The van der Waals surface area contributed by atoms with Crippen molar-refractivity contribution in [2.45, 2.75) is 31.7 Å². The zero-order valence-corrected chi connectivity index (χ0v) is 14.4. The third kappa shape index (κ3) is 4.00. The first kappa shape index (κ1) is 17.0. The van der Waals surface area contributed by atoms with Crippen LogP contribution < -0.4 is 4.74 Å². The minimum absolute atomic E-state index is 0.166. The van der Waals surface area contributed by atoms with Crippen LogP contribution >= 0.6 is 0 Å². The van der Waals surface area contributed by atoms with E-state index >= 15 is 0 Å². The fourth-order valence-corrected chi connectivity index (χ4v) is 3.38. The van der Waals surface area contributed by atoms with Crippen LogP contribution in [0.15, 0.2) is 48.5 Å². The third-order valence-corrected chi connectivity index (χ3v) is 4.78. The van der Waals surface area contributed by atoms with E-state index in [4.69, 9.17) is 10.00 Å². The molecule has 1 amide bonds. The predicted molar refractivity (Wildman–Crippen MR) is 96.2 cm³/mol. The van der Waals surface area contributed by atoms with Crippen molar-refractivity contribution >= 4 is 5.91 Å². The van der Waals surface area contributed by atoms with E-state index in [-0.39, 0.29) is 11.9 Å². The molecule has 2 aromatic rings. The molecule has 2 aromatic carbocycles. The number of amides is 1. The predicted octanol–water partition coefficient (Wildman–Crippen LogP) is 3.86. The van der Waals surface area contributed by atoms with Gasteiger partial charge in [0, 0.05) is 13.0 Å². The van der Waals surface area contributed by atoms with E-state index in [0.717, 1.165) is 30.7 Å². The highest BCUT2D eigenvalue weighted by Crippen LogP contribution is 2.33. The van der Waals surface area contributed by atoms with Crippen LogP contribution in [0.25, 0.3) is 0 Å². The van der Waals surface area contributed by atoms with Crippen LogP contribution in [0.4, 0.5) is 0 Å². The summed E-state index contributed by atoms with van der Waals surface area (Å²) in [6.07, 6.45) is 3.25. The maximum absolute atomic E-state index is 12.7. The van der Waals surface area contributed by atoms with Gasteiger partial charge < -0.3 is 9.64 Å². The van der Waals surface area contributed by atoms with Gasteiger partial charge in [-0.25, -0.2) is 0 Å². The molecule has 3 rings (SSSR count). The first-order chi connectivity index (χ1) is 12.2. The summed E-state index contributed by atoms with van der Waals surface area (Å²) in [5.41, 5.74) is 2.91. The molecule has 128 valence electrons. The van der Waals surface area contributed by atoms with Crippen LogP contribution in [0.1, 0.15) is 42.0 Å². The lowest BCUT2D eigenvalue weighted by molar-refractivity contribution is -0.132. The van der Waals surface area contributed by atoms with Gasteiger partial charge in [0.25, 0.3) is 0 Å². The molecule has 0 N–H and O–H groups in total. The Morgan fingerprint density at radius 3 is 2.56 bits per heavy atom. The van der Waals surface area contributed by atoms with E-state index in [1.54, 1.807) is 19.2 Å². The summed E-state index contributed by atoms with van der Waals surface area (Å²) in [5, 5.41) is 8.84. The molecule has 4 heteroatoms. The second kappa shape index (κ2) is 7.85. The molecular formula is C21H22N2O2. The number of likely N-dealkylation sites (tertiary alicyclic amines) is 1. The number of methoxy groups -OCH3 is 1. The number of hydrogen-bond acceptors (Lipinski definition) is 3. The quantitative estimate of drug-likeness (QED) is 0.834. The normalized spacial score (nSPS) is 16.5. The number of benzene rings is 2. The Labute approximate surface area is 148 Å². The Kier molecular flexibility index (Phi) is 5.35. The Hall–Kier alpha value is -2.80. The summed E-state index contributed by atoms with van der Waals surface area (Å²) in [4.78, 5) is 14.7. The molecule has 0 aliphatic carbocycles. The molecule has 0 aromatic heterocycles. The Morgan fingerprint density at radius 2 is 1.92 bits per heavy atom. The van der Waals surface area contributed by atoms with Crippen LogP contribution in [0.2, 0.25) is 0 Å². The van der Waals surface area contributed by atoms with Crippen molar-refractivity contribution in [2.24, 2.45) is 0 Å². The molecule has 0 bridgehead atoms. The van der Waals surface area contributed by atoms with Gasteiger partial charge in [-0.1, -0.05) is 24.3 Å². The number of aryl methyl sites for hydroxylation is 1. The van der Waals surface area contributed by atoms with Crippen molar-refractivity contribution in [2.75, 3.05) is 13.7 Å². The topological polar surface area (TPSA) is 53.3 Å². The molecular weight excluding hydrogens is 312 g/mol. The molecule has 0 saturated carbocycles. The lowest BCUT2D eigenvalue weighted by atomic mass is 10.0. The number of hydrogen-bond donors (Lipinski definition) is 0. The Morgan fingerprint density at radius 1 is 1.20 bits per heavy atom. The highest BCUT2D eigenvalue weighted by molar-refractivity contribution is 5.77. The van der Waals surface area contributed by atoms with Crippen molar-refractivity contribution in [3.8, 4) is 11.8 Å². The highest BCUT2D eigenvalue weighted by Gasteiger charge is 2.29. The molecule has 1 atom stereocenters. The summed E-state index contributed by atoms with van der Waals surface area (Å²) >= 11 is 0. The number of carbonyl (C=O) groups is 1. The van der Waals surface area contributed by atoms with Crippen LogP contribution in [-0.4, -0.2) is 24.5 Å². The minimum Gasteiger partial charge on any atom is -0.497 e. The van der Waals surface area contributed by atoms with Crippen molar-refractivity contribution in [1.29, 1.82) is 5.26 Å². The number of carbonyl (C=O) groups excluding carboxylic acids is 1. The summed E-state index contributed by atoms with van der Waals surface area (Å²) < 4.78 is 5.21. The van der Waals surface area contributed by atoms with Gasteiger partial charge in [-0.3, -0.25) is 4.79 Å². The van der Waals surface area contributed by atoms with Crippen LogP contribution in [0.3, 0.4) is 0 Å². The van der Waals surface area contributed by atoms with Crippen molar-refractivity contribution in [3.63, 3.8) is 0 Å². The highest BCUT2D eigenvalue weighted by atomic mass is 16.5. The van der Waals surface area contributed by atoms with E-state index in [1.165, 1.54) is 5.56 Å². The smallest absolute Gasteiger partial charge is 0.223 e. The molecule has 4 nitrogen and oxygen atoms in total. The number of nitrogens with zero attached hydrogens (tertiary/aromatic N) is 2. The third-order valence-electron chi connectivity index (χ3n) is 4.78. The number of ether oxygens (including phenoxy) is 1. The van der Waals surface area contributed by atoms with Crippen molar-refractivity contribution < 1.29 is 9.53 Å². The second-order valence-corrected chi connectivity index (χ2v) is 6.33. The standard InChI is InChI=1S/C21H22N2O2/c1-25-19-11-9-18(10-12-19)20-3-2-14-23(20)21(24)13-8-16-4-6-17(15-22)7-5-16/h4-7,9-12,20H,2-3,8,13-14H2,1H3. The lowest BCUT2D eigenvalue weighted by Crippen LogP contribution is -2.30. The zero-order valence-electron chi connectivity index (χ0n) is 14.4. The van der Waals surface area contributed by atoms with E-state index in [1.807, 2.05) is 29.2 Å². The lowest BCUT2D eigenvalue weighted by Gasteiger charge is -2.25. The first-order valence-electron chi connectivity index (χ1n) is 8.63. The first-order valence-corrected chi connectivity index (χ1v) is 8.63. The molecule has 1 aliphatic heterocycles. The molecule has 1 aliphatic rings. The molecule has 1 heterocycles. The number of rotatable bonds is 5. The molecule has 0 spiro atoms. The molecule has 1 saturated heterocycles. The summed E-state index contributed by atoms with van der Waals surface area (Å²) in [5.74, 6) is 1.03. The van der Waals surface area contributed by atoms with Gasteiger partial charge >= 0.3 is 0 Å². The monoisotopic (exact) mass is 334 g/mol. The van der Waals surface area contributed by atoms with Gasteiger partial charge in [-0.15, -0.1) is 0 Å². The van der Waals surface area contributed by atoms with Gasteiger partial charge in [0.1, 0.15) is 5.75 Å². The van der Waals surface area contributed by atoms with Gasteiger partial charge in [-0.2, -0.15) is 5.26 Å².